The zero-order valence-corrected chi connectivity index (χ0v) is 20.0. The summed E-state index contributed by atoms with van der Waals surface area (Å²) in [7, 11) is 0. The van der Waals surface area contributed by atoms with Gasteiger partial charge in [0.05, 0.1) is 5.75 Å². The van der Waals surface area contributed by atoms with Crippen molar-refractivity contribution in [1.82, 2.24) is 16.2 Å². The standard InChI is InChI=1S/C22H32N4O5S/c1-14(2)18(23-20(29)31-22(3,4)5)19(28)24-25-21(30)32-13-17(27)26-12-8-10-15-9-6-7-11-16(15)26/h6-7,9,11,14,18H,8,10,12-13H2,1-5H3,(H,23,29)(H,24,28)(H,25,30)/t18-/m1/s1. The molecule has 1 aromatic rings. The SMILES string of the molecule is CC(C)[C@@H](NC(=O)OC(C)(C)C)C(=O)NNC(=O)SCC(=O)N1CCCc2ccccc21. The molecule has 1 atom stereocenters. The highest BCUT2D eigenvalue weighted by Crippen LogP contribution is 2.27. The summed E-state index contributed by atoms with van der Waals surface area (Å²) >= 11 is 0.769. The molecule has 0 saturated heterocycles. The van der Waals surface area contributed by atoms with E-state index in [2.05, 4.69) is 16.2 Å². The molecule has 9 nitrogen and oxygen atoms in total. The van der Waals surface area contributed by atoms with Crippen LogP contribution in [0, 0.1) is 5.92 Å². The van der Waals surface area contributed by atoms with E-state index in [0.29, 0.717) is 6.54 Å². The van der Waals surface area contributed by atoms with E-state index in [1.165, 1.54) is 0 Å². The topological polar surface area (TPSA) is 117 Å². The molecule has 0 aromatic heterocycles. The molecule has 4 amide bonds. The number of aryl methyl sites for hydroxylation is 1. The predicted octanol–water partition coefficient (Wildman–Crippen LogP) is 2.99. The quantitative estimate of drug-likeness (QED) is 0.577. The van der Waals surface area contributed by atoms with Crippen LogP contribution in [0.3, 0.4) is 0 Å². The number of carbonyl (C=O) groups excluding carboxylic acids is 4. The molecule has 32 heavy (non-hydrogen) atoms. The molecule has 1 aliphatic heterocycles. The third kappa shape index (κ3) is 7.74. The highest BCUT2D eigenvalue weighted by molar-refractivity contribution is 8.14. The molecule has 0 spiro atoms. The third-order valence-corrected chi connectivity index (χ3v) is 5.40. The summed E-state index contributed by atoms with van der Waals surface area (Å²) in [5.74, 6) is -1.06. The maximum absolute atomic E-state index is 12.6. The van der Waals surface area contributed by atoms with Gasteiger partial charge >= 0.3 is 6.09 Å². The number of hydrazine groups is 1. The van der Waals surface area contributed by atoms with Crippen molar-refractivity contribution in [1.29, 1.82) is 0 Å². The van der Waals surface area contributed by atoms with E-state index in [1.807, 2.05) is 24.3 Å². The summed E-state index contributed by atoms with van der Waals surface area (Å²) < 4.78 is 5.18. The van der Waals surface area contributed by atoms with Crippen molar-refractivity contribution >= 4 is 40.6 Å². The van der Waals surface area contributed by atoms with Crippen molar-refractivity contribution in [2.75, 3.05) is 17.2 Å². The molecule has 1 aliphatic rings. The lowest BCUT2D eigenvalue weighted by Gasteiger charge is -2.29. The molecule has 0 unspecified atom stereocenters. The van der Waals surface area contributed by atoms with Gasteiger partial charge in [0, 0.05) is 12.2 Å². The van der Waals surface area contributed by atoms with Crippen LogP contribution in [0.5, 0.6) is 0 Å². The van der Waals surface area contributed by atoms with Crippen LogP contribution in [-0.4, -0.2) is 47.1 Å². The first-order valence-electron chi connectivity index (χ1n) is 10.6. The molecular formula is C22H32N4O5S. The minimum atomic E-state index is -0.901. The molecule has 0 saturated carbocycles. The van der Waals surface area contributed by atoms with Crippen molar-refractivity contribution in [3.05, 3.63) is 29.8 Å². The zero-order chi connectivity index (χ0) is 23.9. The normalized spacial score (nSPS) is 14.2. The van der Waals surface area contributed by atoms with E-state index in [-0.39, 0.29) is 17.6 Å². The lowest BCUT2D eigenvalue weighted by atomic mass is 10.0. The number of alkyl carbamates (subject to hydrolysis) is 1. The molecule has 10 heteroatoms. The van der Waals surface area contributed by atoms with Crippen molar-refractivity contribution in [2.45, 2.75) is 59.1 Å². The van der Waals surface area contributed by atoms with Gasteiger partial charge in [-0.2, -0.15) is 0 Å². The van der Waals surface area contributed by atoms with Crippen LogP contribution >= 0.6 is 11.8 Å². The molecular weight excluding hydrogens is 432 g/mol. The maximum atomic E-state index is 12.6. The van der Waals surface area contributed by atoms with Crippen molar-refractivity contribution in [3.63, 3.8) is 0 Å². The van der Waals surface area contributed by atoms with Crippen LogP contribution < -0.4 is 21.1 Å². The number of amides is 4. The number of hydrogen-bond acceptors (Lipinski definition) is 6. The Kier molecular flexibility index (Phi) is 8.94. The molecule has 3 N–H and O–H groups in total. The first-order valence-corrected chi connectivity index (χ1v) is 11.6. The van der Waals surface area contributed by atoms with Gasteiger partial charge in [0.2, 0.25) is 5.91 Å². The van der Waals surface area contributed by atoms with Crippen molar-refractivity contribution in [2.24, 2.45) is 5.92 Å². The van der Waals surface area contributed by atoms with Gasteiger partial charge in [0.25, 0.3) is 11.1 Å². The minimum absolute atomic E-state index is 0.0557. The lowest BCUT2D eigenvalue weighted by molar-refractivity contribution is -0.124. The van der Waals surface area contributed by atoms with E-state index < -0.39 is 28.9 Å². The van der Waals surface area contributed by atoms with Crippen LogP contribution in [0.1, 0.15) is 46.6 Å². The second kappa shape index (κ2) is 11.2. The Morgan fingerprint density at radius 1 is 1.12 bits per heavy atom. The van der Waals surface area contributed by atoms with Gasteiger partial charge < -0.3 is 15.0 Å². The van der Waals surface area contributed by atoms with Crippen molar-refractivity contribution in [3.8, 4) is 0 Å². The molecule has 0 aliphatic carbocycles. The second-order valence-corrected chi connectivity index (χ2v) is 9.78. The van der Waals surface area contributed by atoms with Crippen molar-refractivity contribution < 1.29 is 23.9 Å². The largest absolute Gasteiger partial charge is 0.444 e. The average molecular weight is 465 g/mol. The van der Waals surface area contributed by atoms with Gasteiger partial charge in [-0.25, -0.2) is 4.79 Å². The number of nitrogens with one attached hydrogen (secondary N) is 3. The molecule has 1 heterocycles. The molecule has 176 valence electrons. The van der Waals surface area contributed by atoms with E-state index in [1.54, 1.807) is 39.5 Å². The Bertz CT molecular complexity index is 853. The minimum Gasteiger partial charge on any atom is -0.444 e. The first kappa shape index (κ1) is 25.5. The number of fused-ring (bicyclic) bond motifs is 1. The van der Waals surface area contributed by atoms with Gasteiger partial charge in [0.15, 0.2) is 0 Å². The fourth-order valence-electron chi connectivity index (χ4n) is 3.19. The van der Waals surface area contributed by atoms with Crippen LogP contribution in [0.2, 0.25) is 0 Å². The van der Waals surface area contributed by atoms with E-state index in [4.69, 9.17) is 4.74 Å². The van der Waals surface area contributed by atoms with Crippen LogP contribution in [0.25, 0.3) is 0 Å². The van der Waals surface area contributed by atoms with Gasteiger partial charge in [0.1, 0.15) is 11.6 Å². The molecule has 0 radical (unpaired) electrons. The molecule has 0 bridgehead atoms. The number of hydrogen-bond donors (Lipinski definition) is 3. The van der Waals surface area contributed by atoms with Crippen LogP contribution in [0.15, 0.2) is 24.3 Å². The second-order valence-electron chi connectivity index (χ2n) is 8.84. The molecule has 1 aromatic carbocycles. The first-order chi connectivity index (χ1) is 15.0. The highest BCUT2D eigenvalue weighted by Gasteiger charge is 2.27. The summed E-state index contributed by atoms with van der Waals surface area (Å²) in [6.07, 6.45) is 1.07. The predicted molar refractivity (Wildman–Crippen MR) is 124 cm³/mol. The van der Waals surface area contributed by atoms with Gasteiger partial charge in [-0.05, 0) is 51.2 Å². The zero-order valence-electron chi connectivity index (χ0n) is 19.2. The van der Waals surface area contributed by atoms with Gasteiger partial charge in [-0.3, -0.25) is 25.2 Å². The fraction of sp³-hybridized carbons (Fsp3) is 0.545. The third-order valence-electron chi connectivity index (χ3n) is 4.65. The average Bonchev–Trinajstić information content (AvgIpc) is 2.72. The number of benzene rings is 1. The Balaban J connectivity index is 1.82. The van der Waals surface area contributed by atoms with Gasteiger partial charge in [-0.1, -0.05) is 43.8 Å². The number of ether oxygens (including phenoxy) is 1. The molecule has 2 rings (SSSR count). The Labute approximate surface area is 193 Å². The van der Waals surface area contributed by atoms with Crippen LogP contribution in [-0.2, 0) is 20.7 Å². The number of nitrogens with zero attached hydrogens (tertiary/aromatic N) is 1. The Morgan fingerprint density at radius 2 is 1.81 bits per heavy atom. The van der Waals surface area contributed by atoms with Gasteiger partial charge in [-0.15, -0.1) is 0 Å². The molecule has 0 fully saturated rings. The number of carbonyl (C=O) groups is 4. The smallest absolute Gasteiger partial charge is 0.408 e. The Morgan fingerprint density at radius 3 is 2.47 bits per heavy atom. The maximum Gasteiger partial charge on any atom is 0.408 e. The summed E-state index contributed by atoms with van der Waals surface area (Å²) in [5.41, 5.74) is 5.87. The van der Waals surface area contributed by atoms with E-state index >= 15 is 0 Å². The number of rotatable bonds is 5. The number of para-hydroxylation sites is 1. The number of thioether (sulfide) groups is 1. The number of anilines is 1. The Hall–Kier alpha value is -2.75. The summed E-state index contributed by atoms with van der Waals surface area (Å²) in [6, 6.07) is 6.83. The summed E-state index contributed by atoms with van der Waals surface area (Å²) in [6.45, 7) is 9.29. The van der Waals surface area contributed by atoms with E-state index in [0.717, 1.165) is 35.9 Å². The summed E-state index contributed by atoms with van der Waals surface area (Å²) in [5, 5.41) is 1.93. The lowest BCUT2D eigenvalue weighted by Crippen LogP contribution is -2.54. The summed E-state index contributed by atoms with van der Waals surface area (Å²) in [4.78, 5) is 50.9. The monoisotopic (exact) mass is 464 g/mol. The van der Waals surface area contributed by atoms with Crippen LogP contribution in [0.4, 0.5) is 15.3 Å². The fourth-order valence-corrected chi connectivity index (χ4v) is 3.73. The highest BCUT2D eigenvalue weighted by atomic mass is 32.2. The van der Waals surface area contributed by atoms with E-state index in [9.17, 15) is 19.2 Å².